The summed E-state index contributed by atoms with van der Waals surface area (Å²) in [5, 5.41) is 0. The monoisotopic (exact) mass is 127 g/mol. The minimum Gasteiger partial charge on any atom is -0.403 e. The summed E-state index contributed by atoms with van der Waals surface area (Å²) in [6.45, 7) is 4.93. The van der Waals surface area contributed by atoms with E-state index in [-0.39, 0.29) is 0 Å². The van der Waals surface area contributed by atoms with Crippen molar-refractivity contribution in [1.29, 1.82) is 0 Å². The van der Waals surface area contributed by atoms with Gasteiger partial charge in [0.1, 0.15) is 0 Å². The molecule has 0 spiro atoms. The highest BCUT2D eigenvalue weighted by molar-refractivity contribution is 4.84. The summed E-state index contributed by atoms with van der Waals surface area (Å²) < 4.78 is 0. The van der Waals surface area contributed by atoms with Crippen LogP contribution in [-0.4, -0.2) is 18.0 Å². The van der Waals surface area contributed by atoms with Gasteiger partial charge in [-0.05, 0) is 6.20 Å². The molecule has 0 atom stereocenters. The second kappa shape index (κ2) is 5.18. The van der Waals surface area contributed by atoms with E-state index in [1.165, 1.54) is 6.20 Å². The minimum absolute atomic E-state index is 0.608. The van der Waals surface area contributed by atoms with Crippen molar-refractivity contribution in [2.75, 3.05) is 13.1 Å². The summed E-state index contributed by atoms with van der Waals surface area (Å²) in [5.74, 6) is 0. The fourth-order valence-corrected chi connectivity index (χ4v) is 0.486. The molecule has 4 N–H and O–H groups in total. The number of nitrogens with zero attached hydrogens (tertiary/aromatic N) is 1. The van der Waals surface area contributed by atoms with Gasteiger partial charge >= 0.3 is 0 Å². The molecule has 0 unspecified atom stereocenters. The van der Waals surface area contributed by atoms with E-state index in [2.05, 4.69) is 6.58 Å². The zero-order valence-corrected chi connectivity index (χ0v) is 5.46. The topological polar surface area (TPSA) is 55.3 Å². The van der Waals surface area contributed by atoms with Gasteiger partial charge in [-0.2, -0.15) is 0 Å². The predicted octanol–water partition coefficient (Wildman–Crippen LogP) is -0.179. The quantitative estimate of drug-likeness (QED) is 0.551. The summed E-state index contributed by atoms with van der Waals surface area (Å²) in [6.07, 6.45) is 4.85. The smallest absolute Gasteiger partial charge is 0.0342 e. The summed E-state index contributed by atoms with van der Waals surface area (Å²) in [6, 6.07) is 0. The molecule has 52 valence electrons. The van der Waals surface area contributed by atoms with Crippen LogP contribution in [0.3, 0.4) is 0 Å². The van der Waals surface area contributed by atoms with E-state index in [1.54, 1.807) is 12.4 Å². The van der Waals surface area contributed by atoms with Crippen LogP contribution in [0.15, 0.2) is 25.2 Å². The zero-order chi connectivity index (χ0) is 7.11. The highest BCUT2D eigenvalue weighted by atomic mass is 15.1. The van der Waals surface area contributed by atoms with Gasteiger partial charge in [0.05, 0.1) is 0 Å². The molecule has 0 fully saturated rings. The van der Waals surface area contributed by atoms with Crippen LogP contribution in [0.25, 0.3) is 0 Å². The normalized spacial score (nSPS) is 9.89. The SMILES string of the molecule is C=CN(/C=C\N)CCN. The number of hydrogen-bond donors (Lipinski definition) is 2. The van der Waals surface area contributed by atoms with Gasteiger partial charge in [-0.1, -0.05) is 6.58 Å². The molecule has 3 nitrogen and oxygen atoms in total. The summed E-state index contributed by atoms with van der Waals surface area (Å²) in [5.41, 5.74) is 10.4. The van der Waals surface area contributed by atoms with Gasteiger partial charge < -0.3 is 16.4 Å². The molecule has 0 heterocycles. The van der Waals surface area contributed by atoms with Gasteiger partial charge in [0.15, 0.2) is 0 Å². The van der Waals surface area contributed by atoms with Gasteiger partial charge in [-0.25, -0.2) is 0 Å². The van der Waals surface area contributed by atoms with Crippen LogP contribution in [0.2, 0.25) is 0 Å². The predicted molar refractivity (Wildman–Crippen MR) is 39.3 cm³/mol. The van der Waals surface area contributed by atoms with E-state index >= 15 is 0 Å². The van der Waals surface area contributed by atoms with Crippen LogP contribution >= 0.6 is 0 Å². The minimum atomic E-state index is 0.608. The van der Waals surface area contributed by atoms with Gasteiger partial charge in [-0.15, -0.1) is 0 Å². The number of nitrogens with two attached hydrogens (primary N) is 2. The molecule has 0 aromatic heterocycles. The van der Waals surface area contributed by atoms with Crippen LogP contribution in [0.5, 0.6) is 0 Å². The molecule has 0 aliphatic rings. The Bertz CT molecular complexity index is 98.5. The molecule has 9 heavy (non-hydrogen) atoms. The summed E-state index contributed by atoms with van der Waals surface area (Å²) in [4.78, 5) is 1.82. The maximum absolute atomic E-state index is 5.27. The van der Waals surface area contributed by atoms with Crippen molar-refractivity contribution in [3.05, 3.63) is 25.2 Å². The Morgan fingerprint density at radius 1 is 1.56 bits per heavy atom. The number of hydrogen-bond acceptors (Lipinski definition) is 3. The molecule has 0 aliphatic carbocycles. The fourth-order valence-electron chi connectivity index (χ4n) is 0.486. The molecule has 0 radical (unpaired) electrons. The second-order valence-corrected chi connectivity index (χ2v) is 1.55. The van der Waals surface area contributed by atoms with Crippen molar-refractivity contribution >= 4 is 0 Å². The summed E-state index contributed by atoms with van der Waals surface area (Å²) >= 11 is 0. The lowest BCUT2D eigenvalue weighted by Crippen LogP contribution is -2.19. The van der Waals surface area contributed by atoms with Crippen LogP contribution in [0.1, 0.15) is 0 Å². The number of rotatable bonds is 4. The van der Waals surface area contributed by atoms with Gasteiger partial charge in [0, 0.05) is 25.5 Å². The van der Waals surface area contributed by atoms with E-state index in [0.29, 0.717) is 6.54 Å². The van der Waals surface area contributed by atoms with E-state index in [1.807, 2.05) is 4.90 Å². The average Bonchev–Trinajstić information content (AvgIpc) is 1.88. The van der Waals surface area contributed by atoms with E-state index in [4.69, 9.17) is 11.5 Å². The molecule has 0 aromatic rings. The largest absolute Gasteiger partial charge is 0.403 e. The van der Waals surface area contributed by atoms with Crippen molar-refractivity contribution in [2.24, 2.45) is 11.5 Å². The first kappa shape index (κ1) is 8.04. The van der Waals surface area contributed by atoms with Crippen molar-refractivity contribution < 1.29 is 0 Å². The van der Waals surface area contributed by atoms with Crippen LogP contribution < -0.4 is 11.5 Å². The van der Waals surface area contributed by atoms with E-state index < -0.39 is 0 Å². The molecule has 0 aromatic carbocycles. The van der Waals surface area contributed by atoms with Crippen LogP contribution in [-0.2, 0) is 0 Å². The summed E-state index contributed by atoms with van der Waals surface area (Å²) in [7, 11) is 0. The van der Waals surface area contributed by atoms with Crippen molar-refractivity contribution in [2.45, 2.75) is 0 Å². The van der Waals surface area contributed by atoms with Crippen LogP contribution in [0.4, 0.5) is 0 Å². The maximum atomic E-state index is 5.27. The molecule has 0 aliphatic heterocycles. The molecule has 0 saturated carbocycles. The molecule has 3 heteroatoms. The lowest BCUT2D eigenvalue weighted by atomic mass is 10.5. The van der Waals surface area contributed by atoms with E-state index in [9.17, 15) is 0 Å². The van der Waals surface area contributed by atoms with Gasteiger partial charge in [-0.3, -0.25) is 0 Å². The third-order valence-electron chi connectivity index (χ3n) is 0.899. The third-order valence-corrected chi connectivity index (χ3v) is 0.899. The molecular formula is C6H13N3. The maximum Gasteiger partial charge on any atom is 0.0342 e. The second-order valence-electron chi connectivity index (χ2n) is 1.55. The standard InChI is InChI=1S/C6H13N3/c1-2-9(5-3-7)6-4-8/h2-3,5H,1,4,6-8H2/b5-3-. The van der Waals surface area contributed by atoms with Crippen LogP contribution in [0, 0.1) is 0 Å². The van der Waals surface area contributed by atoms with Gasteiger partial charge in [0.25, 0.3) is 0 Å². The Kier molecular flexibility index (Phi) is 4.63. The fraction of sp³-hybridized carbons (Fsp3) is 0.333. The molecular weight excluding hydrogens is 114 g/mol. The average molecular weight is 127 g/mol. The Morgan fingerprint density at radius 3 is 2.56 bits per heavy atom. The van der Waals surface area contributed by atoms with Crippen molar-refractivity contribution in [3.63, 3.8) is 0 Å². The Morgan fingerprint density at radius 2 is 2.22 bits per heavy atom. The van der Waals surface area contributed by atoms with Crippen molar-refractivity contribution in [3.8, 4) is 0 Å². The first-order chi connectivity index (χ1) is 4.35. The first-order valence-electron chi connectivity index (χ1n) is 2.82. The molecule has 0 saturated heterocycles. The highest BCUT2D eigenvalue weighted by Gasteiger charge is 1.86. The van der Waals surface area contributed by atoms with Gasteiger partial charge in [0.2, 0.25) is 0 Å². The molecule has 0 amide bonds. The Balaban J connectivity index is 3.53. The first-order valence-corrected chi connectivity index (χ1v) is 2.82. The molecule has 0 bridgehead atoms. The third kappa shape index (κ3) is 3.61. The lowest BCUT2D eigenvalue weighted by Gasteiger charge is -2.11. The van der Waals surface area contributed by atoms with E-state index in [0.717, 1.165) is 6.54 Å². The van der Waals surface area contributed by atoms with Crippen molar-refractivity contribution in [1.82, 2.24) is 4.90 Å². The Labute approximate surface area is 55.6 Å². The lowest BCUT2D eigenvalue weighted by molar-refractivity contribution is 0.517. The molecule has 0 rings (SSSR count). The Hall–Kier alpha value is -0.960. The zero-order valence-electron chi connectivity index (χ0n) is 5.46. The highest BCUT2D eigenvalue weighted by Crippen LogP contribution is 1.85.